The van der Waals surface area contributed by atoms with Gasteiger partial charge in [0, 0.05) is 5.56 Å². The van der Waals surface area contributed by atoms with Gasteiger partial charge in [0.15, 0.2) is 0 Å². The third-order valence-electron chi connectivity index (χ3n) is 4.45. The Morgan fingerprint density at radius 2 is 0.903 bits per heavy atom. The lowest BCUT2D eigenvalue weighted by atomic mass is 10.1. The second-order valence-corrected chi connectivity index (χ2v) is 6.72. The molecule has 0 unspecified atom stereocenters. The number of halogens is 6. The van der Waals surface area contributed by atoms with Gasteiger partial charge in [-0.05, 0) is 47.0 Å². The lowest BCUT2D eigenvalue weighted by Crippen LogP contribution is -2.03. The molecule has 0 aromatic heterocycles. The van der Waals surface area contributed by atoms with Crippen molar-refractivity contribution in [2.75, 3.05) is 0 Å². The second kappa shape index (κ2) is 8.71. The lowest BCUT2D eigenvalue weighted by molar-refractivity contribution is -0.138. The van der Waals surface area contributed by atoms with Crippen molar-refractivity contribution < 1.29 is 31.4 Å². The summed E-state index contributed by atoms with van der Waals surface area (Å²) in [6.45, 7) is 0. The minimum absolute atomic E-state index is 0.0438. The summed E-state index contributed by atoms with van der Waals surface area (Å²) in [6.07, 6.45) is -2.38. The topological polar surface area (TPSA) is 20.2 Å². The van der Waals surface area contributed by atoms with Gasteiger partial charge in [-0.25, -0.2) is 0 Å². The molecule has 0 aliphatic rings. The van der Waals surface area contributed by atoms with Crippen molar-refractivity contribution in [2.24, 2.45) is 0 Å². The first-order valence-electron chi connectivity index (χ1n) is 9.06. The summed E-state index contributed by atoms with van der Waals surface area (Å²) in [5.41, 5.74) is 0.733. The van der Waals surface area contributed by atoms with Crippen LogP contribution in [0.2, 0.25) is 0 Å². The Balaban J connectivity index is 1.69. The molecule has 0 saturated carbocycles. The Morgan fingerprint density at radius 1 is 0.516 bits per heavy atom. The number of phenols is 1. The van der Waals surface area contributed by atoms with E-state index < -0.39 is 23.5 Å². The molecule has 0 heterocycles. The van der Waals surface area contributed by atoms with Crippen molar-refractivity contribution >= 4 is 24.3 Å². The molecule has 3 rings (SSSR count). The molecule has 0 aliphatic heterocycles. The van der Waals surface area contributed by atoms with Crippen LogP contribution in [0.15, 0.2) is 66.7 Å². The zero-order valence-corrected chi connectivity index (χ0v) is 15.9. The van der Waals surface area contributed by atoms with Crippen molar-refractivity contribution in [3.63, 3.8) is 0 Å². The molecule has 3 aromatic carbocycles. The highest BCUT2D eigenvalue weighted by Crippen LogP contribution is 2.30. The highest BCUT2D eigenvalue weighted by Gasteiger charge is 2.30. The fourth-order valence-corrected chi connectivity index (χ4v) is 2.75. The number of benzene rings is 3. The molecule has 0 radical (unpaired) electrons. The SMILES string of the molecule is Oc1cc(/C=C/c2ccc(C(F)(F)F)cc2)ccc1/C=C/c1ccc(C(F)(F)F)cc1. The highest BCUT2D eigenvalue weighted by molar-refractivity contribution is 5.75. The van der Waals surface area contributed by atoms with E-state index in [1.165, 1.54) is 30.3 Å². The average Bonchev–Trinajstić information content (AvgIpc) is 2.71. The molecule has 0 bridgehead atoms. The first kappa shape index (κ1) is 22.2. The zero-order valence-electron chi connectivity index (χ0n) is 15.9. The van der Waals surface area contributed by atoms with E-state index in [0.717, 1.165) is 24.3 Å². The molecular formula is C24H16F6O. The van der Waals surface area contributed by atoms with Crippen LogP contribution in [0, 0.1) is 0 Å². The van der Waals surface area contributed by atoms with Crippen molar-refractivity contribution in [1.29, 1.82) is 0 Å². The quantitative estimate of drug-likeness (QED) is 0.329. The van der Waals surface area contributed by atoms with E-state index in [1.54, 1.807) is 36.4 Å². The smallest absolute Gasteiger partial charge is 0.416 e. The minimum atomic E-state index is -4.40. The molecule has 0 aliphatic carbocycles. The first-order chi connectivity index (χ1) is 14.5. The van der Waals surface area contributed by atoms with Gasteiger partial charge in [-0.2, -0.15) is 26.3 Å². The Morgan fingerprint density at radius 3 is 1.32 bits per heavy atom. The van der Waals surface area contributed by atoms with E-state index in [2.05, 4.69) is 0 Å². The molecule has 0 saturated heterocycles. The number of hydrogen-bond acceptors (Lipinski definition) is 1. The van der Waals surface area contributed by atoms with Crippen LogP contribution in [-0.2, 0) is 12.4 Å². The maximum atomic E-state index is 12.6. The van der Waals surface area contributed by atoms with E-state index >= 15 is 0 Å². The molecule has 0 atom stereocenters. The molecule has 1 nitrogen and oxygen atoms in total. The monoisotopic (exact) mass is 434 g/mol. The summed E-state index contributed by atoms with van der Waals surface area (Å²) in [7, 11) is 0. The van der Waals surface area contributed by atoms with Gasteiger partial charge in [-0.15, -0.1) is 0 Å². The van der Waals surface area contributed by atoms with Gasteiger partial charge in [-0.3, -0.25) is 0 Å². The molecule has 3 aromatic rings. The van der Waals surface area contributed by atoms with Crippen molar-refractivity contribution in [3.05, 3.63) is 100 Å². The molecule has 0 fully saturated rings. The van der Waals surface area contributed by atoms with Crippen LogP contribution in [0.3, 0.4) is 0 Å². The molecule has 31 heavy (non-hydrogen) atoms. The summed E-state index contributed by atoms with van der Waals surface area (Å²) in [5.74, 6) is -0.0438. The van der Waals surface area contributed by atoms with Crippen LogP contribution in [0.4, 0.5) is 26.3 Å². The first-order valence-corrected chi connectivity index (χ1v) is 9.06. The molecule has 0 amide bonds. The second-order valence-electron chi connectivity index (χ2n) is 6.72. The summed E-state index contributed by atoms with van der Waals surface area (Å²) in [6, 6.07) is 14.1. The van der Waals surface area contributed by atoms with Crippen LogP contribution in [0.1, 0.15) is 33.4 Å². The highest BCUT2D eigenvalue weighted by atomic mass is 19.4. The maximum absolute atomic E-state index is 12.6. The van der Waals surface area contributed by atoms with E-state index in [4.69, 9.17) is 0 Å². The predicted molar refractivity (Wildman–Crippen MR) is 109 cm³/mol. The van der Waals surface area contributed by atoms with Crippen molar-refractivity contribution in [2.45, 2.75) is 12.4 Å². The number of aromatic hydroxyl groups is 1. The average molecular weight is 434 g/mol. The van der Waals surface area contributed by atoms with E-state index in [9.17, 15) is 31.4 Å². The largest absolute Gasteiger partial charge is 0.507 e. The number of rotatable bonds is 4. The van der Waals surface area contributed by atoms with E-state index in [-0.39, 0.29) is 5.75 Å². The lowest BCUT2D eigenvalue weighted by Gasteiger charge is -2.06. The predicted octanol–water partition coefficient (Wildman–Crippen LogP) is 7.77. The minimum Gasteiger partial charge on any atom is -0.507 e. The van der Waals surface area contributed by atoms with Crippen molar-refractivity contribution in [1.82, 2.24) is 0 Å². The number of alkyl halides is 6. The fraction of sp³-hybridized carbons (Fsp3) is 0.0833. The van der Waals surface area contributed by atoms with Crippen LogP contribution in [0.25, 0.3) is 24.3 Å². The van der Waals surface area contributed by atoms with Crippen LogP contribution < -0.4 is 0 Å². The van der Waals surface area contributed by atoms with Gasteiger partial charge < -0.3 is 5.11 Å². The zero-order chi connectivity index (χ0) is 22.6. The summed E-state index contributed by atoms with van der Waals surface area (Å²) >= 11 is 0. The Labute approximate surface area is 174 Å². The van der Waals surface area contributed by atoms with E-state index in [0.29, 0.717) is 22.3 Å². The number of phenolic OH excluding ortho intramolecular Hbond substituents is 1. The molecule has 7 heteroatoms. The Hall–Kier alpha value is -3.48. The van der Waals surface area contributed by atoms with Gasteiger partial charge in [0.1, 0.15) is 5.75 Å². The Bertz CT molecular complexity index is 1090. The van der Waals surface area contributed by atoms with E-state index in [1.807, 2.05) is 0 Å². The van der Waals surface area contributed by atoms with Gasteiger partial charge >= 0.3 is 12.4 Å². The van der Waals surface area contributed by atoms with Gasteiger partial charge in [0.2, 0.25) is 0 Å². The third-order valence-corrected chi connectivity index (χ3v) is 4.45. The third kappa shape index (κ3) is 6.01. The maximum Gasteiger partial charge on any atom is 0.416 e. The standard InChI is InChI=1S/C24H16F6O/c25-23(26,27)20-11-5-16(6-12-20)1-2-18-4-10-19(22(31)15-18)9-3-17-7-13-21(14-8-17)24(28,29)30/h1-15,31H/b2-1+,9-3+. The molecule has 160 valence electrons. The number of hydrogen-bond donors (Lipinski definition) is 1. The fourth-order valence-electron chi connectivity index (χ4n) is 2.75. The molecule has 0 spiro atoms. The Kier molecular flexibility index (Phi) is 6.24. The van der Waals surface area contributed by atoms with Crippen LogP contribution in [-0.4, -0.2) is 5.11 Å². The van der Waals surface area contributed by atoms with Gasteiger partial charge in [0.25, 0.3) is 0 Å². The molecule has 1 N–H and O–H groups in total. The molecular weight excluding hydrogens is 418 g/mol. The van der Waals surface area contributed by atoms with Crippen molar-refractivity contribution in [3.8, 4) is 5.75 Å². The summed E-state index contributed by atoms with van der Waals surface area (Å²) < 4.78 is 75.6. The normalized spacial score (nSPS) is 12.7. The van der Waals surface area contributed by atoms with Crippen LogP contribution >= 0.6 is 0 Å². The van der Waals surface area contributed by atoms with Gasteiger partial charge in [-0.1, -0.05) is 60.7 Å². The summed E-state index contributed by atoms with van der Waals surface area (Å²) in [5, 5.41) is 10.2. The summed E-state index contributed by atoms with van der Waals surface area (Å²) in [4.78, 5) is 0. The van der Waals surface area contributed by atoms with Crippen LogP contribution in [0.5, 0.6) is 5.75 Å². The van der Waals surface area contributed by atoms with Gasteiger partial charge in [0.05, 0.1) is 11.1 Å².